The summed E-state index contributed by atoms with van der Waals surface area (Å²) < 4.78 is 21.7. The number of carbonyl (C=O) groups excluding carboxylic acids is 1. The second kappa shape index (κ2) is 7.67. The Morgan fingerprint density at radius 3 is 3.07 bits per heavy atom. The summed E-state index contributed by atoms with van der Waals surface area (Å²) >= 11 is 0. The minimum Gasteiger partial charge on any atom is -0.493 e. The van der Waals surface area contributed by atoms with Crippen molar-refractivity contribution >= 4 is 11.7 Å². The van der Waals surface area contributed by atoms with E-state index in [0.29, 0.717) is 23.8 Å². The molecule has 1 aromatic carbocycles. The van der Waals surface area contributed by atoms with Crippen molar-refractivity contribution in [2.75, 3.05) is 11.9 Å². The maximum absolute atomic E-state index is 14.1. The van der Waals surface area contributed by atoms with E-state index < -0.39 is 11.7 Å². The third-order valence-electron chi connectivity index (χ3n) is 4.73. The summed E-state index contributed by atoms with van der Waals surface area (Å²) in [7, 11) is 0. The monoisotopic (exact) mass is 392 g/mol. The maximum Gasteiger partial charge on any atom is 0.260 e. The van der Waals surface area contributed by atoms with Gasteiger partial charge in [0, 0.05) is 12.1 Å². The Hall–Kier alpha value is -3.80. The van der Waals surface area contributed by atoms with Gasteiger partial charge in [0.2, 0.25) is 0 Å². The summed E-state index contributed by atoms with van der Waals surface area (Å²) in [4.78, 5) is 17.3. The van der Waals surface area contributed by atoms with Gasteiger partial charge >= 0.3 is 0 Å². The Morgan fingerprint density at radius 1 is 1.38 bits per heavy atom. The van der Waals surface area contributed by atoms with Crippen molar-refractivity contribution in [3.63, 3.8) is 0 Å². The third-order valence-corrected chi connectivity index (χ3v) is 4.73. The lowest BCUT2D eigenvalue weighted by Gasteiger charge is -2.17. The van der Waals surface area contributed by atoms with E-state index >= 15 is 0 Å². The predicted molar refractivity (Wildman–Crippen MR) is 102 cm³/mol. The molecule has 0 radical (unpaired) electrons. The maximum atomic E-state index is 14.1. The third kappa shape index (κ3) is 3.65. The summed E-state index contributed by atoms with van der Waals surface area (Å²) in [6.45, 7) is 2.33. The number of amides is 1. The molecule has 146 valence electrons. The Morgan fingerprint density at radius 2 is 2.24 bits per heavy atom. The molecule has 2 aromatic heterocycles. The van der Waals surface area contributed by atoms with Gasteiger partial charge in [0.25, 0.3) is 5.91 Å². The molecule has 2 bridgehead atoms. The van der Waals surface area contributed by atoms with Gasteiger partial charge in [0.05, 0.1) is 17.7 Å². The molecule has 29 heavy (non-hydrogen) atoms. The number of rotatable bonds is 0. The van der Waals surface area contributed by atoms with Gasteiger partial charge < -0.3 is 14.6 Å². The lowest BCUT2D eigenvalue weighted by molar-refractivity contribution is 0.102. The fourth-order valence-corrected chi connectivity index (χ4v) is 3.20. The molecule has 1 aliphatic rings. The highest BCUT2D eigenvalue weighted by atomic mass is 19.1. The van der Waals surface area contributed by atoms with E-state index in [1.165, 1.54) is 6.07 Å². The lowest BCUT2D eigenvalue weighted by Crippen LogP contribution is -2.17. The number of fused-ring (bicyclic) bond motifs is 5. The van der Waals surface area contributed by atoms with E-state index in [9.17, 15) is 9.18 Å². The number of hydrogen-bond donors (Lipinski definition) is 1. The lowest BCUT2D eigenvalue weighted by atomic mass is 10.1. The number of hydrogen-bond acceptors (Lipinski definition) is 6. The van der Waals surface area contributed by atoms with E-state index in [-0.39, 0.29) is 29.5 Å². The molecule has 1 N–H and O–H groups in total. The molecule has 1 aliphatic heterocycles. The van der Waals surface area contributed by atoms with E-state index in [2.05, 4.69) is 20.5 Å². The molecular formula is C20H17FN6O2. The quantitative estimate of drug-likeness (QED) is 0.629. The minimum atomic E-state index is -0.734. The van der Waals surface area contributed by atoms with Crippen LogP contribution in [0.2, 0.25) is 0 Å². The van der Waals surface area contributed by atoms with Crippen LogP contribution in [0.3, 0.4) is 0 Å². The van der Waals surface area contributed by atoms with Crippen molar-refractivity contribution in [1.82, 2.24) is 19.7 Å². The van der Waals surface area contributed by atoms with Crippen LogP contribution in [0.1, 0.15) is 41.7 Å². The second-order valence-corrected chi connectivity index (χ2v) is 6.70. The average molecular weight is 392 g/mol. The molecular weight excluding hydrogens is 375 g/mol. The topological polar surface area (TPSA) is 106 Å². The van der Waals surface area contributed by atoms with Crippen LogP contribution in [0.25, 0.3) is 11.5 Å². The number of aromatic nitrogens is 4. The molecule has 0 aliphatic carbocycles. The van der Waals surface area contributed by atoms with E-state index in [1.807, 2.05) is 11.5 Å². The van der Waals surface area contributed by atoms with Crippen LogP contribution in [0.15, 0.2) is 36.7 Å². The molecule has 0 saturated heterocycles. The number of nitrogens with one attached hydrogen (secondary N) is 1. The van der Waals surface area contributed by atoms with Crippen molar-refractivity contribution in [3.8, 4) is 23.3 Å². The molecule has 0 fully saturated rings. The number of pyridine rings is 1. The van der Waals surface area contributed by atoms with Crippen LogP contribution in [-0.4, -0.2) is 32.3 Å². The van der Waals surface area contributed by atoms with Gasteiger partial charge in [-0.3, -0.25) is 4.79 Å². The summed E-state index contributed by atoms with van der Waals surface area (Å²) in [6.07, 6.45) is 3.06. The first-order valence-corrected chi connectivity index (χ1v) is 9.11. The zero-order chi connectivity index (χ0) is 20.4. The largest absolute Gasteiger partial charge is 0.493 e. The van der Waals surface area contributed by atoms with Gasteiger partial charge in [-0.1, -0.05) is 6.07 Å². The number of ether oxygens (including phenoxy) is 1. The van der Waals surface area contributed by atoms with Gasteiger partial charge in [-0.05, 0) is 38.0 Å². The van der Waals surface area contributed by atoms with Crippen LogP contribution < -0.4 is 10.1 Å². The minimum absolute atomic E-state index is 0.0726. The average Bonchev–Trinajstić information content (AvgIpc) is 3.20. The summed E-state index contributed by atoms with van der Waals surface area (Å²) in [5.74, 6) is -0.304. The summed E-state index contributed by atoms with van der Waals surface area (Å²) in [5.41, 5.74) is 0.410. The highest BCUT2D eigenvalue weighted by Crippen LogP contribution is 2.27. The normalized spacial score (nSPS) is 16.4. The van der Waals surface area contributed by atoms with Gasteiger partial charge in [-0.2, -0.15) is 5.26 Å². The number of nitriles is 1. The van der Waals surface area contributed by atoms with Crippen molar-refractivity contribution < 1.29 is 13.9 Å². The number of anilines is 1. The highest BCUT2D eigenvalue weighted by Gasteiger charge is 2.20. The van der Waals surface area contributed by atoms with Gasteiger partial charge in [0.15, 0.2) is 5.82 Å². The number of nitrogens with zero attached hydrogens (tertiary/aromatic N) is 5. The SMILES string of the molecule is C[C@H]1CCCOc2cc(F)c(C#N)cc2C(=O)Nc2cccc(n2)-c2nncn21. The zero-order valence-corrected chi connectivity index (χ0v) is 15.6. The fourth-order valence-electron chi connectivity index (χ4n) is 3.20. The Bertz CT molecular complexity index is 1120. The van der Waals surface area contributed by atoms with Crippen LogP contribution in [-0.2, 0) is 0 Å². The van der Waals surface area contributed by atoms with E-state index in [4.69, 9.17) is 10.00 Å². The van der Waals surface area contributed by atoms with Crippen LogP contribution in [0.4, 0.5) is 10.2 Å². The smallest absolute Gasteiger partial charge is 0.260 e. The van der Waals surface area contributed by atoms with Gasteiger partial charge in [0.1, 0.15) is 35.5 Å². The van der Waals surface area contributed by atoms with Crippen molar-refractivity contribution in [2.24, 2.45) is 0 Å². The molecule has 0 unspecified atom stereocenters. The molecule has 3 aromatic rings. The molecule has 0 spiro atoms. The summed E-state index contributed by atoms with van der Waals surface area (Å²) in [6, 6.07) is 9.26. The van der Waals surface area contributed by atoms with Crippen molar-refractivity contribution in [2.45, 2.75) is 25.8 Å². The first kappa shape index (κ1) is 18.6. The first-order valence-electron chi connectivity index (χ1n) is 9.11. The molecule has 4 rings (SSSR count). The zero-order valence-electron chi connectivity index (χ0n) is 15.6. The Balaban J connectivity index is 1.79. The predicted octanol–water partition coefficient (Wildman–Crippen LogP) is 3.34. The fraction of sp³-hybridized carbons (Fsp3) is 0.250. The van der Waals surface area contributed by atoms with E-state index in [1.54, 1.807) is 30.6 Å². The number of halogens is 1. The molecule has 9 heteroatoms. The van der Waals surface area contributed by atoms with Crippen molar-refractivity contribution in [3.05, 3.63) is 53.6 Å². The highest BCUT2D eigenvalue weighted by molar-refractivity contribution is 6.06. The molecule has 3 heterocycles. The van der Waals surface area contributed by atoms with Gasteiger partial charge in [-0.15, -0.1) is 10.2 Å². The van der Waals surface area contributed by atoms with Gasteiger partial charge in [-0.25, -0.2) is 9.37 Å². The van der Waals surface area contributed by atoms with Crippen LogP contribution in [0, 0.1) is 17.1 Å². The second-order valence-electron chi connectivity index (χ2n) is 6.70. The molecule has 1 amide bonds. The summed E-state index contributed by atoms with van der Waals surface area (Å²) in [5, 5.41) is 19.9. The standard InChI is InChI=1S/C20H17FN6O2/c1-12-4-3-7-29-17-9-15(21)13(10-22)8-14(17)20(28)25-18-6-2-5-16(24-18)19-26-23-11-27(12)19/h2,5-6,8-9,11-12H,3-4,7H2,1H3,(H,24,25,28)/t12-/m0/s1. The number of benzene rings is 1. The Labute approximate surface area is 166 Å². The molecule has 8 nitrogen and oxygen atoms in total. The van der Waals surface area contributed by atoms with Crippen LogP contribution in [0.5, 0.6) is 5.75 Å². The van der Waals surface area contributed by atoms with Crippen molar-refractivity contribution in [1.29, 1.82) is 5.26 Å². The molecule has 0 saturated carbocycles. The molecule has 1 atom stereocenters. The van der Waals surface area contributed by atoms with Crippen LogP contribution >= 0.6 is 0 Å². The number of carbonyl (C=O) groups is 1. The first-order chi connectivity index (χ1) is 14.1. The Kier molecular flexibility index (Phi) is 4.91. The van der Waals surface area contributed by atoms with E-state index in [0.717, 1.165) is 12.5 Å².